The van der Waals surface area contributed by atoms with E-state index in [9.17, 15) is 13.2 Å². The van der Waals surface area contributed by atoms with Gasteiger partial charge in [0.05, 0.1) is 5.54 Å². The van der Waals surface area contributed by atoms with Crippen molar-refractivity contribution in [1.29, 1.82) is 0 Å². The van der Waals surface area contributed by atoms with E-state index in [2.05, 4.69) is 0 Å². The van der Waals surface area contributed by atoms with E-state index in [1.807, 2.05) is 0 Å². The molecule has 3 aliphatic rings. The zero-order valence-electron chi connectivity index (χ0n) is 16.1. The Bertz CT molecular complexity index is 598. The first-order valence-corrected chi connectivity index (χ1v) is 11.1. The molecule has 1 aliphatic carbocycles. The Morgan fingerprint density at radius 1 is 1.07 bits per heavy atom. The van der Waals surface area contributed by atoms with Gasteiger partial charge in [-0.2, -0.15) is 17.0 Å². The molecular formula is C17H33ClN4O4S. The van der Waals surface area contributed by atoms with E-state index in [1.54, 1.807) is 16.3 Å². The fraction of sp³-hybridized carbons (Fsp3) is 0.941. The van der Waals surface area contributed by atoms with E-state index in [4.69, 9.17) is 10.5 Å². The first-order chi connectivity index (χ1) is 12.3. The van der Waals surface area contributed by atoms with Crippen LogP contribution in [0.4, 0.5) is 0 Å². The molecular weight excluding hydrogens is 392 g/mol. The molecule has 2 aliphatic heterocycles. The number of carbonyl (C=O) groups is 1. The maximum atomic E-state index is 12.9. The zero-order valence-corrected chi connectivity index (χ0v) is 17.8. The van der Waals surface area contributed by atoms with Crippen molar-refractivity contribution < 1.29 is 17.9 Å². The quantitative estimate of drug-likeness (QED) is 0.711. The topological polar surface area (TPSA) is 96.2 Å². The lowest BCUT2D eigenvalue weighted by atomic mass is 9.89. The van der Waals surface area contributed by atoms with E-state index in [0.29, 0.717) is 52.2 Å². The normalized spacial score (nSPS) is 25.2. The van der Waals surface area contributed by atoms with Crippen LogP contribution in [-0.2, 0) is 19.7 Å². The number of amides is 1. The minimum Gasteiger partial charge on any atom is -0.381 e. The second-order valence-corrected chi connectivity index (χ2v) is 9.76. The van der Waals surface area contributed by atoms with Crippen molar-refractivity contribution >= 4 is 28.5 Å². The Hall–Kier alpha value is -0.450. The van der Waals surface area contributed by atoms with Crippen molar-refractivity contribution in [2.75, 3.05) is 46.4 Å². The van der Waals surface area contributed by atoms with Crippen LogP contribution in [0.1, 0.15) is 44.9 Å². The van der Waals surface area contributed by atoms with Gasteiger partial charge in [0, 0.05) is 52.5 Å². The molecule has 0 atom stereocenters. The number of rotatable bonds is 4. The van der Waals surface area contributed by atoms with Gasteiger partial charge in [0.25, 0.3) is 10.2 Å². The number of hydrogen-bond donors (Lipinski definition) is 1. The van der Waals surface area contributed by atoms with Gasteiger partial charge >= 0.3 is 0 Å². The number of piperazine rings is 1. The van der Waals surface area contributed by atoms with Crippen molar-refractivity contribution in [2.24, 2.45) is 5.73 Å². The van der Waals surface area contributed by atoms with Crippen molar-refractivity contribution in [1.82, 2.24) is 13.5 Å². The molecule has 0 radical (unpaired) electrons. The highest BCUT2D eigenvalue weighted by molar-refractivity contribution is 7.86. The molecule has 0 spiro atoms. The molecule has 3 rings (SSSR count). The smallest absolute Gasteiger partial charge is 0.282 e. The predicted octanol–water partition coefficient (Wildman–Crippen LogP) is 0.570. The summed E-state index contributed by atoms with van der Waals surface area (Å²) in [6.45, 7) is 2.47. The molecule has 10 heteroatoms. The van der Waals surface area contributed by atoms with Crippen LogP contribution in [0.5, 0.6) is 0 Å². The standard InChI is InChI=1S/C17H32N4O4S.ClH/c1-19(15-5-3-2-4-6-15)26(23,24)21-11-9-20(10-12-21)16(22)17(18)7-13-25-14-8-17;/h15H,2-14,18H2,1H3;1H. The number of halogens is 1. The van der Waals surface area contributed by atoms with Crippen LogP contribution < -0.4 is 5.73 Å². The number of nitrogens with zero attached hydrogens (tertiary/aromatic N) is 3. The van der Waals surface area contributed by atoms with Crippen LogP contribution in [0.2, 0.25) is 0 Å². The largest absolute Gasteiger partial charge is 0.381 e. The first kappa shape index (κ1) is 22.8. The highest BCUT2D eigenvalue weighted by Crippen LogP contribution is 2.26. The summed E-state index contributed by atoms with van der Waals surface area (Å²) in [7, 11) is -1.78. The van der Waals surface area contributed by atoms with Crippen LogP contribution in [0, 0.1) is 0 Å². The Labute approximate surface area is 169 Å². The lowest BCUT2D eigenvalue weighted by Gasteiger charge is -2.42. The Morgan fingerprint density at radius 2 is 1.63 bits per heavy atom. The highest BCUT2D eigenvalue weighted by atomic mass is 35.5. The van der Waals surface area contributed by atoms with Crippen molar-refractivity contribution in [2.45, 2.75) is 56.5 Å². The number of ether oxygens (including phenoxy) is 1. The molecule has 1 saturated carbocycles. The van der Waals surface area contributed by atoms with Gasteiger partial charge in [0.2, 0.25) is 5.91 Å². The van der Waals surface area contributed by atoms with Crippen LogP contribution in [-0.4, -0.2) is 85.9 Å². The third-order valence-electron chi connectivity index (χ3n) is 6.12. The second-order valence-electron chi connectivity index (χ2n) is 7.78. The molecule has 2 N–H and O–H groups in total. The molecule has 27 heavy (non-hydrogen) atoms. The minimum atomic E-state index is -3.47. The van der Waals surface area contributed by atoms with Crippen molar-refractivity contribution in [3.05, 3.63) is 0 Å². The fourth-order valence-corrected chi connectivity index (χ4v) is 5.78. The van der Waals surface area contributed by atoms with Gasteiger partial charge in [-0.1, -0.05) is 19.3 Å². The summed E-state index contributed by atoms with van der Waals surface area (Å²) >= 11 is 0. The third-order valence-corrected chi connectivity index (χ3v) is 8.16. The number of carbonyl (C=O) groups excluding carboxylic acids is 1. The van der Waals surface area contributed by atoms with Gasteiger partial charge in [0.1, 0.15) is 0 Å². The Morgan fingerprint density at radius 3 is 2.19 bits per heavy atom. The minimum absolute atomic E-state index is 0. The maximum Gasteiger partial charge on any atom is 0.282 e. The summed E-state index contributed by atoms with van der Waals surface area (Å²) in [6.07, 6.45) is 6.29. The zero-order chi connectivity index (χ0) is 18.8. The fourth-order valence-electron chi connectivity index (χ4n) is 4.20. The monoisotopic (exact) mass is 424 g/mol. The lowest BCUT2D eigenvalue weighted by molar-refractivity contribution is -0.141. The van der Waals surface area contributed by atoms with Gasteiger partial charge in [-0.3, -0.25) is 4.79 Å². The predicted molar refractivity (Wildman–Crippen MR) is 106 cm³/mol. The first-order valence-electron chi connectivity index (χ1n) is 9.74. The second kappa shape index (κ2) is 9.37. The van der Waals surface area contributed by atoms with Crippen LogP contribution in [0.15, 0.2) is 0 Å². The molecule has 3 fully saturated rings. The molecule has 2 heterocycles. The van der Waals surface area contributed by atoms with E-state index in [-0.39, 0.29) is 24.4 Å². The van der Waals surface area contributed by atoms with Crippen LogP contribution >= 0.6 is 12.4 Å². The van der Waals surface area contributed by atoms with Gasteiger partial charge in [-0.05, 0) is 25.7 Å². The molecule has 0 aromatic rings. The summed E-state index contributed by atoms with van der Waals surface area (Å²) < 4.78 is 34.2. The van der Waals surface area contributed by atoms with Gasteiger partial charge < -0.3 is 15.4 Å². The molecule has 0 unspecified atom stereocenters. The van der Waals surface area contributed by atoms with E-state index in [0.717, 1.165) is 25.7 Å². The van der Waals surface area contributed by atoms with Crippen LogP contribution in [0.25, 0.3) is 0 Å². The van der Waals surface area contributed by atoms with E-state index in [1.165, 1.54) is 10.7 Å². The summed E-state index contributed by atoms with van der Waals surface area (Å²) in [5, 5.41) is 0. The number of nitrogens with two attached hydrogens (primary N) is 1. The summed E-state index contributed by atoms with van der Waals surface area (Å²) in [5.74, 6) is -0.0708. The molecule has 158 valence electrons. The third kappa shape index (κ3) is 4.94. The highest BCUT2D eigenvalue weighted by Gasteiger charge is 2.41. The summed E-state index contributed by atoms with van der Waals surface area (Å²) in [4.78, 5) is 14.5. The molecule has 0 aromatic heterocycles. The molecule has 2 saturated heterocycles. The van der Waals surface area contributed by atoms with Gasteiger partial charge in [0.15, 0.2) is 0 Å². The molecule has 8 nitrogen and oxygen atoms in total. The average molecular weight is 425 g/mol. The SMILES string of the molecule is CN(C1CCCCC1)S(=O)(=O)N1CCN(C(=O)C2(N)CCOCC2)CC1.Cl. The summed E-state index contributed by atoms with van der Waals surface area (Å²) in [5.41, 5.74) is 5.43. The summed E-state index contributed by atoms with van der Waals surface area (Å²) in [6, 6.07) is 0.1000. The maximum absolute atomic E-state index is 12.9. The lowest BCUT2D eigenvalue weighted by Crippen LogP contribution is -2.62. The molecule has 0 aromatic carbocycles. The van der Waals surface area contributed by atoms with Crippen molar-refractivity contribution in [3.8, 4) is 0 Å². The molecule has 1 amide bonds. The van der Waals surface area contributed by atoms with Crippen LogP contribution in [0.3, 0.4) is 0 Å². The molecule has 0 bridgehead atoms. The van der Waals surface area contributed by atoms with Gasteiger partial charge in [-0.15, -0.1) is 12.4 Å². The average Bonchev–Trinajstić information content (AvgIpc) is 2.68. The Kier molecular flexibility index (Phi) is 7.92. The van der Waals surface area contributed by atoms with Gasteiger partial charge in [-0.25, -0.2) is 0 Å². The van der Waals surface area contributed by atoms with Crippen molar-refractivity contribution in [3.63, 3.8) is 0 Å². The van der Waals surface area contributed by atoms with E-state index < -0.39 is 15.7 Å². The Balaban J connectivity index is 0.00000261. The number of hydrogen-bond acceptors (Lipinski definition) is 5. The van der Waals surface area contributed by atoms with E-state index >= 15 is 0 Å².